The number of aliphatic hydroxyl groups excluding tert-OH is 2. The Bertz CT molecular complexity index is 1480. The standard InChI is InChI=1S/C30H33N5O6/c31-28-25-29(33-16-32-28)35(17-34-25)30-26(38)27(23(14-36)41-30)39-13-7-1-2-12-24(37)40-15-22-20-10-5-3-8-18(20)19-9-4-6-11-21(19)22/h3-6,8-11,16-17,22-23,26-27,30,36,38H,1-2,7,12-15H2,(H2,31,32,33)/t23-,26-,27-,30-/m1/s1. The molecule has 0 bridgehead atoms. The molecule has 214 valence electrons. The summed E-state index contributed by atoms with van der Waals surface area (Å²) < 4.78 is 19.1. The third kappa shape index (κ3) is 5.29. The van der Waals surface area contributed by atoms with Crippen LogP contribution >= 0.6 is 0 Å². The van der Waals surface area contributed by atoms with Crippen molar-refractivity contribution in [2.45, 2.75) is 56.1 Å². The topological polar surface area (TPSA) is 155 Å². The molecule has 1 aliphatic carbocycles. The second-order valence-corrected chi connectivity index (χ2v) is 10.4. The highest BCUT2D eigenvalue weighted by Gasteiger charge is 2.45. The van der Waals surface area contributed by atoms with Gasteiger partial charge in [0.1, 0.15) is 36.8 Å². The predicted octanol–water partition coefficient (Wildman–Crippen LogP) is 2.96. The number of unbranched alkanes of at least 4 members (excludes halogenated alkanes) is 2. The summed E-state index contributed by atoms with van der Waals surface area (Å²) in [5.74, 6) is 0.0617. The van der Waals surface area contributed by atoms with Crippen LogP contribution in [0.2, 0.25) is 0 Å². The number of nitrogen functional groups attached to an aromatic ring is 1. The lowest BCUT2D eigenvalue weighted by molar-refractivity contribution is -0.144. The predicted molar refractivity (Wildman–Crippen MR) is 150 cm³/mol. The molecule has 0 amide bonds. The Morgan fingerprint density at radius 3 is 2.46 bits per heavy atom. The maximum atomic E-state index is 12.5. The van der Waals surface area contributed by atoms with E-state index < -0.39 is 24.5 Å². The first kappa shape index (κ1) is 27.3. The van der Waals surface area contributed by atoms with Crippen molar-refractivity contribution in [1.82, 2.24) is 19.5 Å². The minimum absolute atomic E-state index is 0.0493. The van der Waals surface area contributed by atoms with Gasteiger partial charge < -0.3 is 30.2 Å². The minimum atomic E-state index is -1.05. The zero-order valence-corrected chi connectivity index (χ0v) is 22.5. The summed E-state index contributed by atoms with van der Waals surface area (Å²) in [4.78, 5) is 24.8. The maximum Gasteiger partial charge on any atom is 0.305 e. The molecule has 11 heteroatoms. The zero-order chi connectivity index (χ0) is 28.3. The average Bonchev–Trinajstić information content (AvgIpc) is 3.66. The fraction of sp³-hybridized carbons (Fsp3) is 0.400. The second-order valence-electron chi connectivity index (χ2n) is 10.4. The van der Waals surface area contributed by atoms with Gasteiger partial charge in [-0.3, -0.25) is 9.36 Å². The third-order valence-corrected chi connectivity index (χ3v) is 7.86. The molecule has 41 heavy (non-hydrogen) atoms. The number of aliphatic hydroxyl groups is 2. The SMILES string of the molecule is Nc1ncnc2c1ncn2[C@@H]1O[C@H](CO)[C@@H](OCCCCCC(=O)OCC2c3ccccc3-c3ccccc32)[C@H]1O. The number of esters is 1. The molecule has 1 aliphatic heterocycles. The summed E-state index contributed by atoms with van der Waals surface area (Å²) in [5.41, 5.74) is 11.5. The highest BCUT2D eigenvalue weighted by molar-refractivity contribution is 5.81. The summed E-state index contributed by atoms with van der Waals surface area (Å²) in [7, 11) is 0. The Morgan fingerprint density at radius 2 is 1.73 bits per heavy atom. The first-order chi connectivity index (χ1) is 20.1. The van der Waals surface area contributed by atoms with Crippen LogP contribution in [0, 0.1) is 0 Å². The molecule has 4 aromatic rings. The van der Waals surface area contributed by atoms with Crippen molar-refractivity contribution in [3.8, 4) is 11.1 Å². The molecule has 1 fully saturated rings. The van der Waals surface area contributed by atoms with Crippen LogP contribution in [0.4, 0.5) is 5.82 Å². The van der Waals surface area contributed by atoms with Crippen LogP contribution < -0.4 is 5.73 Å². The first-order valence-corrected chi connectivity index (χ1v) is 13.9. The van der Waals surface area contributed by atoms with Crippen molar-refractivity contribution in [2.24, 2.45) is 0 Å². The van der Waals surface area contributed by atoms with Crippen molar-refractivity contribution >= 4 is 23.0 Å². The van der Waals surface area contributed by atoms with E-state index in [-0.39, 0.29) is 24.3 Å². The van der Waals surface area contributed by atoms with Gasteiger partial charge in [0.2, 0.25) is 0 Å². The number of carbonyl (C=O) groups excluding carboxylic acids is 1. The van der Waals surface area contributed by atoms with Crippen molar-refractivity contribution in [1.29, 1.82) is 0 Å². The summed E-state index contributed by atoms with van der Waals surface area (Å²) >= 11 is 0. The van der Waals surface area contributed by atoms with E-state index in [1.54, 1.807) is 4.57 Å². The average molecular weight is 560 g/mol. The summed E-state index contributed by atoms with van der Waals surface area (Å²) in [6.45, 7) is 0.354. The van der Waals surface area contributed by atoms with Gasteiger partial charge in [0.15, 0.2) is 17.7 Å². The lowest BCUT2D eigenvalue weighted by atomic mass is 9.98. The van der Waals surface area contributed by atoms with Gasteiger partial charge in [-0.15, -0.1) is 0 Å². The van der Waals surface area contributed by atoms with Gasteiger partial charge >= 0.3 is 5.97 Å². The molecule has 0 radical (unpaired) electrons. The highest BCUT2D eigenvalue weighted by atomic mass is 16.6. The Hall–Kier alpha value is -3.90. The molecule has 0 spiro atoms. The molecule has 6 rings (SSSR count). The molecular weight excluding hydrogens is 526 g/mol. The number of aromatic nitrogens is 4. The Kier molecular flexibility index (Phi) is 7.93. The van der Waals surface area contributed by atoms with Gasteiger partial charge in [-0.1, -0.05) is 55.0 Å². The number of carbonyl (C=O) groups is 1. The fourth-order valence-electron chi connectivity index (χ4n) is 5.81. The molecule has 0 unspecified atom stereocenters. The van der Waals surface area contributed by atoms with E-state index in [0.29, 0.717) is 43.6 Å². The second kappa shape index (κ2) is 11.9. The Labute approximate surface area is 236 Å². The van der Waals surface area contributed by atoms with Gasteiger partial charge in [0.05, 0.1) is 12.9 Å². The number of hydrogen-bond donors (Lipinski definition) is 3. The van der Waals surface area contributed by atoms with Gasteiger partial charge in [-0.2, -0.15) is 0 Å². The van der Waals surface area contributed by atoms with Crippen molar-refractivity contribution in [3.63, 3.8) is 0 Å². The number of benzene rings is 2. The van der Waals surface area contributed by atoms with Crippen LogP contribution in [0.15, 0.2) is 61.2 Å². The van der Waals surface area contributed by atoms with E-state index in [2.05, 4.69) is 39.2 Å². The lowest BCUT2D eigenvalue weighted by Crippen LogP contribution is -2.36. The number of rotatable bonds is 11. The number of hydrogen-bond acceptors (Lipinski definition) is 10. The molecule has 2 aliphatic rings. The summed E-state index contributed by atoms with van der Waals surface area (Å²) in [6.07, 6.45) is 1.87. The molecule has 11 nitrogen and oxygen atoms in total. The van der Waals surface area contributed by atoms with E-state index in [9.17, 15) is 15.0 Å². The number of nitrogens with zero attached hydrogens (tertiary/aromatic N) is 4. The molecule has 2 aromatic carbocycles. The van der Waals surface area contributed by atoms with Crippen molar-refractivity contribution < 1.29 is 29.2 Å². The van der Waals surface area contributed by atoms with Crippen LogP contribution in [0.3, 0.4) is 0 Å². The quantitative estimate of drug-likeness (QED) is 0.184. The van der Waals surface area contributed by atoms with Gasteiger partial charge in [-0.05, 0) is 35.1 Å². The summed E-state index contributed by atoms with van der Waals surface area (Å²) in [5, 5.41) is 20.8. The summed E-state index contributed by atoms with van der Waals surface area (Å²) in [6, 6.07) is 16.5. The normalized spacial score (nSPS) is 21.7. The van der Waals surface area contributed by atoms with E-state index in [0.717, 1.165) is 6.42 Å². The monoisotopic (exact) mass is 559 g/mol. The zero-order valence-electron chi connectivity index (χ0n) is 22.5. The fourth-order valence-corrected chi connectivity index (χ4v) is 5.81. The van der Waals surface area contributed by atoms with Crippen LogP contribution in [-0.2, 0) is 19.0 Å². The van der Waals surface area contributed by atoms with Crippen LogP contribution in [-0.4, -0.2) is 73.8 Å². The smallest absolute Gasteiger partial charge is 0.305 e. The van der Waals surface area contributed by atoms with E-state index in [4.69, 9.17) is 19.9 Å². The molecule has 4 atom stereocenters. The lowest BCUT2D eigenvalue weighted by Gasteiger charge is -2.20. The molecule has 4 N–H and O–H groups in total. The Balaban J connectivity index is 0.947. The molecule has 3 heterocycles. The van der Waals surface area contributed by atoms with Crippen LogP contribution in [0.1, 0.15) is 49.0 Å². The van der Waals surface area contributed by atoms with Gasteiger partial charge in [0.25, 0.3) is 0 Å². The highest BCUT2D eigenvalue weighted by Crippen LogP contribution is 2.44. The van der Waals surface area contributed by atoms with E-state index in [1.165, 1.54) is 34.9 Å². The third-order valence-electron chi connectivity index (χ3n) is 7.86. The molecule has 2 aromatic heterocycles. The van der Waals surface area contributed by atoms with Crippen LogP contribution in [0.25, 0.3) is 22.3 Å². The van der Waals surface area contributed by atoms with Crippen molar-refractivity contribution in [2.75, 3.05) is 25.6 Å². The minimum Gasteiger partial charge on any atom is -0.465 e. The number of anilines is 1. The first-order valence-electron chi connectivity index (χ1n) is 13.9. The number of ether oxygens (including phenoxy) is 3. The number of nitrogens with two attached hydrogens (primary N) is 1. The van der Waals surface area contributed by atoms with E-state index in [1.807, 2.05) is 24.3 Å². The van der Waals surface area contributed by atoms with Gasteiger partial charge in [0, 0.05) is 18.9 Å². The Morgan fingerprint density at radius 1 is 1.00 bits per heavy atom. The maximum absolute atomic E-state index is 12.5. The number of fused-ring (bicyclic) bond motifs is 4. The number of imidazole rings is 1. The molecule has 1 saturated heterocycles. The van der Waals surface area contributed by atoms with Crippen molar-refractivity contribution in [3.05, 3.63) is 72.3 Å². The van der Waals surface area contributed by atoms with E-state index >= 15 is 0 Å². The van der Waals surface area contributed by atoms with Gasteiger partial charge in [-0.25, -0.2) is 15.0 Å². The largest absolute Gasteiger partial charge is 0.465 e. The van der Waals surface area contributed by atoms with Crippen LogP contribution in [0.5, 0.6) is 0 Å². The molecular formula is C30H33N5O6. The molecule has 0 saturated carbocycles.